The first-order valence-corrected chi connectivity index (χ1v) is 10.2. The Hall–Kier alpha value is -1.86. The highest BCUT2D eigenvalue weighted by atomic mass is 14.5. The van der Waals surface area contributed by atoms with Gasteiger partial charge in [-0.25, -0.2) is 0 Å². The van der Waals surface area contributed by atoms with E-state index in [2.05, 4.69) is 62.9 Å². The largest absolute Gasteiger partial charge is 0.330 e. The monoisotopic (exact) mass is 353 g/mol. The Morgan fingerprint density at radius 2 is 1.69 bits per heavy atom. The lowest BCUT2D eigenvalue weighted by atomic mass is 9.77. The molecule has 1 aliphatic rings. The van der Waals surface area contributed by atoms with E-state index in [1.54, 1.807) is 0 Å². The van der Waals surface area contributed by atoms with E-state index in [1.165, 1.54) is 27.9 Å². The third kappa shape index (κ3) is 6.46. The Labute approximate surface area is 162 Å². The van der Waals surface area contributed by atoms with E-state index in [-0.39, 0.29) is 0 Å². The minimum atomic E-state index is 0.516. The van der Waals surface area contributed by atoms with Crippen molar-refractivity contribution in [1.29, 1.82) is 0 Å². The quantitative estimate of drug-likeness (QED) is 0.569. The van der Waals surface area contributed by atoms with Gasteiger partial charge in [0.1, 0.15) is 0 Å². The lowest BCUT2D eigenvalue weighted by Crippen LogP contribution is -2.13. The first-order chi connectivity index (χ1) is 12.7. The van der Waals surface area contributed by atoms with Crippen molar-refractivity contribution in [2.24, 2.45) is 11.7 Å². The van der Waals surface area contributed by atoms with Crippen LogP contribution in [0.4, 0.5) is 0 Å². The second-order valence-corrected chi connectivity index (χ2v) is 5.89. The molecule has 1 aromatic carbocycles. The summed E-state index contributed by atoms with van der Waals surface area (Å²) < 4.78 is 0. The highest BCUT2D eigenvalue weighted by molar-refractivity contribution is 5.86. The van der Waals surface area contributed by atoms with Crippen LogP contribution in [-0.4, -0.2) is 6.54 Å². The molecule has 0 fully saturated rings. The summed E-state index contributed by atoms with van der Waals surface area (Å²) in [6.07, 6.45) is 9.61. The van der Waals surface area contributed by atoms with E-state index in [9.17, 15) is 0 Å². The van der Waals surface area contributed by atoms with Crippen molar-refractivity contribution in [1.82, 2.24) is 0 Å². The van der Waals surface area contributed by atoms with E-state index in [0.717, 1.165) is 25.8 Å². The number of benzene rings is 1. The maximum absolute atomic E-state index is 5.80. The molecule has 1 unspecified atom stereocenters. The molecule has 0 radical (unpaired) electrons. The van der Waals surface area contributed by atoms with Gasteiger partial charge in [0, 0.05) is 0 Å². The second-order valence-electron chi connectivity index (χ2n) is 5.89. The van der Waals surface area contributed by atoms with Gasteiger partial charge in [-0.3, -0.25) is 0 Å². The molecule has 0 amide bonds. The predicted octanol–water partition coefficient (Wildman–Crippen LogP) is 7.33. The van der Waals surface area contributed by atoms with Crippen LogP contribution in [0.25, 0.3) is 5.57 Å². The van der Waals surface area contributed by atoms with Crippen LogP contribution in [0.1, 0.15) is 66.4 Å². The molecule has 0 saturated heterocycles. The van der Waals surface area contributed by atoms with E-state index in [1.807, 2.05) is 33.8 Å². The summed E-state index contributed by atoms with van der Waals surface area (Å²) in [7, 11) is 0. The van der Waals surface area contributed by atoms with Crippen LogP contribution in [0.3, 0.4) is 0 Å². The van der Waals surface area contributed by atoms with Gasteiger partial charge in [-0.2, -0.15) is 0 Å². The SMILES string of the molecule is C=CC1=C(/C=C\C)CCC(C(C)CCN)=C1c1ccccc1.CC.CC. The van der Waals surface area contributed by atoms with Crippen molar-refractivity contribution in [2.75, 3.05) is 6.54 Å². The number of hydrogen-bond acceptors (Lipinski definition) is 1. The van der Waals surface area contributed by atoms with Gasteiger partial charge in [-0.05, 0) is 60.9 Å². The highest BCUT2D eigenvalue weighted by Gasteiger charge is 2.23. The van der Waals surface area contributed by atoms with Crippen LogP contribution in [0.5, 0.6) is 0 Å². The molecule has 0 bridgehead atoms. The Kier molecular flexibility index (Phi) is 13.3. The molecule has 1 nitrogen and oxygen atoms in total. The average molecular weight is 354 g/mol. The predicted molar refractivity (Wildman–Crippen MR) is 120 cm³/mol. The molecular weight excluding hydrogens is 314 g/mol. The second kappa shape index (κ2) is 14.3. The first-order valence-electron chi connectivity index (χ1n) is 10.2. The third-order valence-electron chi connectivity index (χ3n) is 4.43. The Morgan fingerprint density at radius 3 is 2.19 bits per heavy atom. The number of rotatable bonds is 6. The summed E-state index contributed by atoms with van der Waals surface area (Å²) in [6.45, 7) is 17.2. The lowest BCUT2D eigenvalue weighted by Gasteiger charge is -2.28. The molecule has 1 aliphatic carbocycles. The number of hydrogen-bond donors (Lipinski definition) is 1. The van der Waals surface area contributed by atoms with Crippen molar-refractivity contribution >= 4 is 5.57 Å². The van der Waals surface area contributed by atoms with E-state index < -0.39 is 0 Å². The zero-order valence-corrected chi connectivity index (χ0v) is 17.8. The number of allylic oxidation sites excluding steroid dienone is 7. The summed E-state index contributed by atoms with van der Waals surface area (Å²) in [5.41, 5.74) is 12.7. The third-order valence-corrected chi connectivity index (χ3v) is 4.43. The maximum Gasteiger partial charge on any atom is -0.00717 e. The molecule has 1 atom stereocenters. The van der Waals surface area contributed by atoms with Crippen molar-refractivity contribution in [3.05, 3.63) is 77.4 Å². The van der Waals surface area contributed by atoms with Gasteiger partial charge in [0.2, 0.25) is 0 Å². The average Bonchev–Trinajstić information content (AvgIpc) is 2.71. The summed E-state index contributed by atoms with van der Waals surface area (Å²) in [6, 6.07) is 10.7. The first kappa shape index (κ1) is 24.1. The summed E-state index contributed by atoms with van der Waals surface area (Å²) in [5, 5.41) is 0. The van der Waals surface area contributed by atoms with Crippen LogP contribution in [-0.2, 0) is 0 Å². The summed E-state index contributed by atoms with van der Waals surface area (Å²) >= 11 is 0. The maximum atomic E-state index is 5.80. The van der Waals surface area contributed by atoms with Gasteiger partial charge < -0.3 is 5.73 Å². The van der Waals surface area contributed by atoms with Gasteiger partial charge in [0.15, 0.2) is 0 Å². The van der Waals surface area contributed by atoms with E-state index in [4.69, 9.17) is 5.73 Å². The van der Waals surface area contributed by atoms with E-state index >= 15 is 0 Å². The molecule has 2 N–H and O–H groups in total. The standard InChI is InChI=1S/C21H27N.2C2H6/c1-4-9-17-12-13-20(16(3)14-15-22)21(19(17)5-2)18-10-7-6-8-11-18;2*1-2/h4-11,16H,2,12-15,22H2,1,3H3;2*1-2H3/b9-4-;;. The van der Waals surface area contributed by atoms with Crippen LogP contribution in [0.2, 0.25) is 0 Å². The van der Waals surface area contributed by atoms with Gasteiger partial charge in [0.25, 0.3) is 0 Å². The summed E-state index contributed by atoms with van der Waals surface area (Å²) in [5.74, 6) is 0.516. The molecule has 1 aromatic rings. The molecule has 1 heteroatoms. The molecule has 144 valence electrons. The van der Waals surface area contributed by atoms with Gasteiger partial charge >= 0.3 is 0 Å². The molecule has 0 spiro atoms. The van der Waals surface area contributed by atoms with Crippen LogP contribution in [0.15, 0.2) is 71.9 Å². The van der Waals surface area contributed by atoms with Crippen LogP contribution in [0, 0.1) is 5.92 Å². The Bertz CT molecular complexity index is 602. The van der Waals surface area contributed by atoms with Gasteiger partial charge in [-0.15, -0.1) is 0 Å². The molecular formula is C25H39N. The highest BCUT2D eigenvalue weighted by Crippen LogP contribution is 2.41. The lowest BCUT2D eigenvalue weighted by molar-refractivity contribution is 0.595. The molecule has 0 aromatic heterocycles. The molecule has 0 heterocycles. The Balaban J connectivity index is 0.00000146. The van der Waals surface area contributed by atoms with Crippen molar-refractivity contribution in [3.63, 3.8) is 0 Å². The Morgan fingerprint density at radius 1 is 1.08 bits per heavy atom. The molecule has 0 aliphatic heterocycles. The fourth-order valence-corrected chi connectivity index (χ4v) is 3.33. The smallest absolute Gasteiger partial charge is 0.00717 e. The molecule has 26 heavy (non-hydrogen) atoms. The summed E-state index contributed by atoms with van der Waals surface area (Å²) in [4.78, 5) is 0. The van der Waals surface area contributed by atoms with Crippen molar-refractivity contribution < 1.29 is 0 Å². The van der Waals surface area contributed by atoms with Gasteiger partial charge in [-0.1, -0.05) is 95.3 Å². The normalized spacial score (nSPS) is 15.0. The minimum Gasteiger partial charge on any atom is -0.330 e. The topological polar surface area (TPSA) is 26.0 Å². The minimum absolute atomic E-state index is 0.516. The van der Waals surface area contributed by atoms with Crippen LogP contribution >= 0.6 is 0 Å². The van der Waals surface area contributed by atoms with Crippen molar-refractivity contribution in [2.45, 2.75) is 60.8 Å². The zero-order valence-electron chi connectivity index (χ0n) is 17.8. The van der Waals surface area contributed by atoms with E-state index in [0.29, 0.717) is 5.92 Å². The molecule has 0 saturated carbocycles. The fraction of sp³-hybridized carbons (Fsp3) is 0.440. The number of nitrogens with two attached hydrogens (primary N) is 1. The van der Waals surface area contributed by atoms with Crippen molar-refractivity contribution in [3.8, 4) is 0 Å². The fourth-order valence-electron chi connectivity index (χ4n) is 3.33. The van der Waals surface area contributed by atoms with Gasteiger partial charge in [0.05, 0.1) is 0 Å². The van der Waals surface area contributed by atoms with Crippen LogP contribution < -0.4 is 5.73 Å². The molecule has 2 rings (SSSR count). The zero-order chi connectivity index (χ0) is 19.9.